The van der Waals surface area contributed by atoms with Crippen LogP contribution < -0.4 is 10.5 Å². The second-order valence-corrected chi connectivity index (χ2v) is 3.96. The first kappa shape index (κ1) is 13.6. The van der Waals surface area contributed by atoms with E-state index in [9.17, 15) is 4.79 Å². The predicted molar refractivity (Wildman–Crippen MR) is 67.2 cm³/mol. The van der Waals surface area contributed by atoms with Crippen molar-refractivity contribution in [3.8, 4) is 5.75 Å². The zero-order valence-corrected chi connectivity index (χ0v) is 10.5. The quantitative estimate of drug-likeness (QED) is 0.736. The number of rotatable bonds is 7. The summed E-state index contributed by atoms with van der Waals surface area (Å²) in [7, 11) is 0. The average molecular weight is 236 g/mol. The minimum Gasteiger partial charge on any atom is -0.492 e. The van der Waals surface area contributed by atoms with Crippen LogP contribution >= 0.6 is 0 Å². The Morgan fingerprint density at radius 1 is 1.47 bits per heavy atom. The first-order valence-electron chi connectivity index (χ1n) is 6.05. The van der Waals surface area contributed by atoms with Crippen molar-refractivity contribution in [2.45, 2.75) is 26.7 Å². The van der Waals surface area contributed by atoms with Crippen LogP contribution in [-0.4, -0.2) is 23.9 Å². The lowest BCUT2D eigenvalue weighted by Gasteiger charge is -2.11. The van der Waals surface area contributed by atoms with Gasteiger partial charge in [0.15, 0.2) is 5.78 Å². The molecule has 1 atom stereocenters. The largest absolute Gasteiger partial charge is 0.492 e. The summed E-state index contributed by atoms with van der Waals surface area (Å²) < 4.78 is 5.45. The molecule has 0 bridgehead atoms. The highest BCUT2D eigenvalue weighted by molar-refractivity contribution is 5.98. The Bertz CT molecular complexity index is 362. The van der Waals surface area contributed by atoms with Gasteiger partial charge < -0.3 is 10.5 Å². The van der Waals surface area contributed by atoms with Crippen LogP contribution in [0.1, 0.15) is 37.0 Å². The third kappa shape index (κ3) is 3.82. The van der Waals surface area contributed by atoms with Crippen molar-refractivity contribution in [2.24, 2.45) is 11.7 Å². The van der Waals surface area contributed by atoms with Gasteiger partial charge >= 0.3 is 0 Å². The van der Waals surface area contributed by atoms with Crippen LogP contribution in [0.15, 0.2) is 18.5 Å². The zero-order chi connectivity index (χ0) is 12.7. The fourth-order valence-corrected chi connectivity index (χ4v) is 1.55. The number of nitrogens with zero attached hydrogens (tertiary/aromatic N) is 1. The van der Waals surface area contributed by atoms with E-state index >= 15 is 0 Å². The van der Waals surface area contributed by atoms with Gasteiger partial charge in [0.1, 0.15) is 5.75 Å². The molecular formula is C13H20N2O2. The number of ketones is 1. The molecule has 17 heavy (non-hydrogen) atoms. The predicted octanol–water partition coefficient (Wildman–Crippen LogP) is 2.04. The second kappa shape index (κ2) is 7.01. The zero-order valence-electron chi connectivity index (χ0n) is 10.5. The van der Waals surface area contributed by atoms with E-state index in [0.717, 1.165) is 12.8 Å². The number of nitrogens with two attached hydrogens (primary N) is 1. The molecule has 0 radical (unpaired) electrons. The molecule has 1 unspecified atom stereocenters. The van der Waals surface area contributed by atoms with Crippen LogP contribution in [0.4, 0.5) is 0 Å². The molecule has 1 heterocycles. The van der Waals surface area contributed by atoms with E-state index in [1.165, 1.54) is 0 Å². The van der Waals surface area contributed by atoms with Gasteiger partial charge in [0.05, 0.1) is 12.8 Å². The fraction of sp³-hybridized carbons (Fsp3) is 0.538. The molecule has 94 valence electrons. The van der Waals surface area contributed by atoms with E-state index < -0.39 is 0 Å². The number of hydrogen-bond acceptors (Lipinski definition) is 4. The van der Waals surface area contributed by atoms with Gasteiger partial charge in [-0.3, -0.25) is 9.78 Å². The van der Waals surface area contributed by atoms with E-state index in [0.29, 0.717) is 24.5 Å². The summed E-state index contributed by atoms with van der Waals surface area (Å²) in [6.45, 7) is 4.99. The van der Waals surface area contributed by atoms with Crippen LogP contribution in [0.3, 0.4) is 0 Å². The second-order valence-electron chi connectivity index (χ2n) is 3.96. The summed E-state index contributed by atoms with van der Waals surface area (Å²) in [5.74, 6) is 0.562. The molecule has 4 heteroatoms. The molecule has 0 fully saturated rings. The maximum absolute atomic E-state index is 12.1. The van der Waals surface area contributed by atoms with E-state index in [-0.39, 0.29) is 11.7 Å². The Labute approximate surface area is 102 Å². The van der Waals surface area contributed by atoms with Crippen LogP contribution in [-0.2, 0) is 0 Å². The van der Waals surface area contributed by atoms with Crippen molar-refractivity contribution in [1.82, 2.24) is 4.98 Å². The minimum absolute atomic E-state index is 0.0458. The first-order chi connectivity index (χ1) is 8.22. The van der Waals surface area contributed by atoms with E-state index in [4.69, 9.17) is 10.5 Å². The average Bonchev–Trinajstić information content (AvgIpc) is 2.38. The van der Waals surface area contributed by atoms with E-state index in [2.05, 4.69) is 4.98 Å². The number of aromatic nitrogens is 1. The van der Waals surface area contributed by atoms with Gasteiger partial charge in [-0.15, -0.1) is 0 Å². The molecule has 0 amide bonds. The molecular weight excluding hydrogens is 216 g/mol. The van der Waals surface area contributed by atoms with Gasteiger partial charge in [-0.2, -0.15) is 0 Å². The highest BCUT2D eigenvalue weighted by atomic mass is 16.5. The normalized spacial score (nSPS) is 12.2. The summed E-state index contributed by atoms with van der Waals surface area (Å²) >= 11 is 0. The SMILES string of the molecule is CCCOc1cncc(C(=O)C(CC)CN)c1. The monoisotopic (exact) mass is 236 g/mol. The molecule has 1 rings (SSSR count). The number of pyridine rings is 1. The first-order valence-corrected chi connectivity index (χ1v) is 6.05. The fourth-order valence-electron chi connectivity index (χ4n) is 1.55. The van der Waals surface area contributed by atoms with Gasteiger partial charge in [-0.25, -0.2) is 0 Å². The number of ether oxygens (including phenoxy) is 1. The maximum Gasteiger partial charge on any atom is 0.168 e. The molecule has 1 aromatic heterocycles. The molecule has 1 aromatic rings. The number of Topliss-reactive ketones (excluding diaryl/α,β-unsaturated/α-hetero) is 1. The summed E-state index contributed by atoms with van der Waals surface area (Å²) in [5.41, 5.74) is 6.15. The van der Waals surface area contributed by atoms with Crippen molar-refractivity contribution in [2.75, 3.05) is 13.2 Å². The van der Waals surface area contributed by atoms with Gasteiger partial charge in [-0.05, 0) is 18.9 Å². The molecule has 0 aromatic carbocycles. The van der Waals surface area contributed by atoms with Crippen LogP contribution in [0, 0.1) is 5.92 Å². The standard InChI is InChI=1S/C13H20N2O2/c1-3-5-17-12-6-11(8-15-9-12)13(16)10(4-2)7-14/h6,8-10H,3-5,7,14H2,1-2H3. The summed E-state index contributed by atoms with van der Waals surface area (Å²) in [6.07, 6.45) is 4.86. The summed E-state index contributed by atoms with van der Waals surface area (Å²) in [5, 5.41) is 0. The van der Waals surface area contributed by atoms with E-state index in [1.54, 1.807) is 18.5 Å². The Morgan fingerprint density at radius 3 is 2.82 bits per heavy atom. The maximum atomic E-state index is 12.1. The van der Waals surface area contributed by atoms with Crippen LogP contribution in [0.25, 0.3) is 0 Å². The van der Waals surface area contributed by atoms with Gasteiger partial charge in [0.25, 0.3) is 0 Å². The van der Waals surface area contributed by atoms with Crippen LogP contribution in [0.2, 0.25) is 0 Å². The number of carbonyl (C=O) groups is 1. The lowest BCUT2D eigenvalue weighted by molar-refractivity contribution is 0.0920. The molecule has 0 aliphatic carbocycles. The number of carbonyl (C=O) groups excluding carboxylic acids is 1. The summed E-state index contributed by atoms with van der Waals surface area (Å²) in [4.78, 5) is 16.1. The molecule has 0 spiro atoms. The summed E-state index contributed by atoms with van der Waals surface area (Å²) in [6, 6.07) is 1.74. The van der Waals surface area contributed by atoms with Crippen LogP contribution in [0.5, 0.6) is 5.75 Å². The molecule has 0 saturated carbocycles. The Balaban J connectivity index is 2.79. The van der Waals surface area contributed by atoms with Crippen molar-refractivity contribution < 1.29 is 9.53 Å². The van der Waals surface area contributed by atoms with Crippen molar-refractivity contribution in [3.63, 3.8) is 0 Å². The minimum atomic E-state index is -0.127. The van der Waals surface area contributed by atoms with Crippen molar-refractivity contribution in [3.05, 3.63) is 24.0 Å². The van der Waals surface area contributed by atoms with Gasteiger partial charge in [0.2, 0.25) is 0 Å². The third-order valence-electron chi connectivity index (χ3n) is 2.62. The third-order valence-corrected chi connectivity index (χ3v) is 2.62. The van der Waals surface area contributed by atoms with Crippen molar-refractivity contribution in [1.29, 1.82) is 0 Å². The van der Waals surface area contributed by atoms with Crippen molar-refractivity contribution >= 4 is 5.78 Å². The molecule has 0 aliphatic rings. The Morgan fingerprint density at radius 2 is 2.24 bits per heavy atom. The highest BCUT2D eigenvalue weighted by Crippen LogP contribution is 2.16. The number of hydrogen-bond donors (Lipinski definition) is 1. The lowest BCUT2D eigenvalue weighted by atomic mass is 9.96. The Kier molecular flexibility index (Phi) is 5.63. The molecule has 0 aliphatic heterocycles. The smallest absolute Gasteiger partial charge is 0.168 e. The molecule has 2 N–H and O–H groups in total. The highest BCUT2D eigenvalue weighted by Gasteiger charge is 2.17. The Hall–Kier alpha value is -1.42. The topological polar surface area (TPSA) is 65.2 Å². The van der Waals surface area contributed by atoms with E-state index in [1.807, 2.05) is 13.8 Å². The van der Waals surface area contributed by atoms with Gasteiger partial charge in [-0.1, -0.05) is 13.8 Å². The van der Waals surface area contributed by atoms with Gasteiger partial charge in [0, 0.05) is 24.2 Å². The lowest BCUT2D eigenvalue weighted by Crippen LogP contribution is -2.23. The molecule has 0 saturated heterocycles. The molecule has 4 nitrogen and oxygen atoms in total.